The molecule has 6 heteroatoms. The fourth-order valence-electron chi connectivity index (χ4n) is 2.09. The van der Waals surface area contributed by atoms with Gasteiger partial charge in [0.05, 0.1) is 0 Å². The Balaban J connectivity index is 1.89. The second-order valence-corrected chi connectivity index (χ2v) is 5.69. The van der Waals surface area contributed by atoms with E-state index in [9.17, 15) is 4.79 Å². The molecule has 2 aromatic rings. The van der Waals surface area contributed by atoms with Crippen LogP contribution in [-0.2, 0) is 17.8 Å². The molecule has 1 aromatic heterocycles. The first-order valence-corrected chi connectivity index (χ1v) is 8.01. The predicted molar refractivity (Wildman–Crippen MR) is 89.2 cm³/mol. The van der Waals surface area contributed by atoms with Crippen LogP contribution in [0.2, 0.25) is 0 Å². The molecule has 0 saturated heterocycles. The summed E-state index contributed by atoms with van der Waals surface area (Å²) in [6.45, 7) is 7.67. The van der Waals surface area contributed by atoms with Crippen LogP contribution in [0.4, 0.5) is 5.69 Å². The Morgan fingerprint density at radius 2 is 2.09 bits per heavy atom. The van der Waals surface area contributed by atoms with Crippen LogP contribution in [0.3, 0.4) is 0 Å². The van der Waals surface area contributed by atoms with Gasteiger partial charge in [0.1, 0.15) is 0 Å². The van der Waals surface area contributed by atoms with E-state index in [1.807, 2.05) is 38.1 Å². The summed E-state index contributed by atoms with van der Waals surface area (Å²) in [6, 6.07) is 7.80. The number of anilines is 1. The van der Waals surface area contributed by atoms with E-state index < -0.39 is 0 Å². The fourth-order valence-corrected chi connectivity index (χ4v) is 2.09. The number of aryl methyl sites for hydroxylation is 1. The molecule has 2 rings (SSSR count). The lowest BCUT2D eigenvalue weighted by molar-refractivity contribution is -0.116. The minimum Gasteiger partial charge on any atom is -0.339 e. The van der Waals surface area contributed by atoms with Crippen molar-refractivity contribution in [3.63, 3.8) is 0 Å². The zero-order chi connectivity index (χ0) is 16.7. The van der Waals surface area contributed by atoms with Crippen LogP contribution >= 0.6 is 0 Å². The number of amides is 1. The van der Waals surface area contributed by atoms with Crippen molar-refractivity contribution in [3.05, 3.63) is 41.5 Å². The van der Waals surface area contributed by atoms with Crippen molar-refractivity contribution < 1.29 is 9.32 Å². The minimum absolute atomic E-state index is 0.0572. The Bertz CT molecular complexity index is 637. The first kappa shape index (κ1) is 17.1. The largest absolute Gasteiger partial charge is 0.339 e. The number of aromatic nitrogens is 2. The highest BCUT2D eigenvalue weighted by Gasteiger charge is 2.12. The van der Waals surface area contributed by atoms with E-state index in [4.69, 9.17) is 4.52 Å². The summed E-state index contributed by atoms with van der Waals surface area (Å²) in [4.78, 5) is 16.4. The van der Waals surface area contributed by atoms with Gasteiger partial charge in [0, 0.05) is 31.0 Å². The number of nitrogens with one attached hydrogen (secondary N) is 2. The summed E-state index contributed by atoms with van der Waals surface area (Å²) in [5.41, 5.74) is 1.91. The number of para-hydroxylation sites is 1. The van der Waals surface area contributed by atoms with Gasteiger partial charge >= 0.3 is 0 Å². The first-order chi connectivity index (χ1) is 11.1. The molecule has 0 spiro atoms. The van der Waals surface area contributed by atoms with Gasteiger partial charge in [-0.15, -0.1) is 0 Å². The van der Waals surface area contributed by atoms with Crippen LogP contribution in [0.15, 0.2) is 28.8 Å². The predicted octanol–water partition coefficient (Wildman–Crippen LogP) is 2.87. The monoisotopic (exact) mass is 316 g/mol. The Morgan fingerprint density at radius 1 is 1.30 bits per heavy atom. The van der Waals surface area contributed by atoms with E-state index in [0.29, 0.717) is 24.6 Å². The molecular formula is C17H24N4O2. The molecule has 0 aliphatic heterocycles. The average molecular weight is 316 g/mol. The maximum atomic E-state index is 12.1. The number of carbonyl (C=O) groups is 1. The molecule has 124 valence electrons. The summed E-state index contributed by atoms with van der Waals surface area (Å²) in [6.07, 6.45) is 0.760. The molecule has 0 bridgehead atoms. The molecule has 6 nitrogen and oxygen atoms in total. The molecule has 0 unspecified atom stereocenters. The van der Waals surface area contributed by atoms with Crippen LogP contribution in [0.5, 0.6) is 0 Å². The summed E-state index contributed by atoms with van der Waals surface area (Å²) in [5, 5.41) is 10.1. The van der Waals surface area contributed by atoms with Gasteiger partial charge in [-0.2, -0.15) is 4.98 Å². The first-order valence-electron chi connectivity index (χ1n) is 8.01. The number of rotatable bonds is 8. The van der Waals surface area contributed by atoms with Crippen LogP contribution < -0.4 is 10.6 Å². The SMILES string of the molecule is CCNCc1ccccc1NC(=O)CCc1nc(C(C)C)no1. The molecule has 0 aliphatic carbocycles. The van der Waals surface area contributed by atoms with Gasteiger partial charge in [-0.05, 0) is 18.2 Å². The zero-order valence-electron chi connectivity index (χ0n) is 13.9. The Labute approximate surface area is 136 Å². The van der Waals surface area contributed by atoms with Gasteiger partial charge in [-0.3, -0.25) is 4.79 Å². The highest BCUT2D eigenvalue weighted by molar-refractivity contribution is 5.91. The van der Waals surface area contributed by atoms with Gasteiger partial charge in [-0.1, -0.05) is 44.1 Å². The molecule has 0 saturated carbocycles. The van der Waals surface area contributed by atoms with Crippen LogP contribution in [0, 0.1) is 0 Å². The quantitative estimate of drug-likeness (QED) is 0.783. The molecule has 0 atom stereocenters. The van der Waals surface area contributed by atoms with Crippen molar-refractivity contribution in [3.8, 4) is 0 Å². The molecule has 1 amide bonds. The molecule has 0 radical (unpaired) electrons. The van der Waals surface area contributed by atoms with Crippen molar-refractivity contribution >= 4 is 11.6 Å². The van der Waals surface area contributed by atoms with Gasteiger partial charge < -0.3 is 15.2 Å². The van der Waals surface area contributed by atoms with E-state index in [1.165, 1.54) is 0 Å². The standard InChI is InChI=1S/C17H24N4O2/c1-4-18-11-13-7-5-6-8-14(13)19-15(22)9-10-16-20-17(12(2)3)21-23-16/h5-8,12,18H,4,9-11H2,1-3H3,(H,19,22). The second-order valence-electron chi connectivity index (χ2n) is 5.69. The summed E-state index contributed by atoms with van der Waals surface area (Å²) in [5.74, 6) is 1.35. The highest BCUT2D eigenvalue weighted by atomic mass is 16.5. The van der Waals surface area contributed by atoms with Gasteiger partial charge in [-0.25, -0.2) is 0 Å². The van der Waals surface area contributed by atoms with Gasteiger partial charge in [0.2, 0.25) is 11.8 Å². The van der Waals surface area contributed by atoms with Gasteiger partial charge in [0.25, 0.3) is 0 Å². The van der Waals surface area contributed by atoms with Crippen LogP contribution in [0.25, 0.3) is 0 Å². The van der Waals surface area contributed by atoms with E-state index in [-0.39, 0.29) is 11.8 Å². The number of hydrogen-bond donors (Lipinski definition) is 2. The summed E-state index contributed by atoms with van der Waals surface area (Å²) >= 11 is 0. The normalized spacial score (nSPS) is 11.0. The van der Waals surface area contributed by atoms with Crippen LogP contribution in [0.1, 0.15) is 50.4 Å². The Morgan fingerprint density at radius 3 is 2.78 bits per heavy atom. The number of hydrogen-bond acceptors (Lipinski definition) is 5. The Hall–Kier alpha value is -2.21. The number of carbonyl (C=O) groups excluding carboxylic acids is 1. The number of nitrogens with zero attached hydrogens (tertiary/aromatic N) is 2. The number of benzene rings is 1. The van der Waals surface area contributed by atoms with Crippen molar-refractivity contribution in [1.29, 1.82) is 0 Å². The molecule has 1 aromatic carbocycles. The second kappa shape index (κ2) is 8.43. The summed E-state index contributed by atoms with van der Waals surface area (Å²) < 4.78 is 5.15. The zero-order valence-corrected chi connectivity index (χ0v) is 13.9. The third kappa shape index (κ3) is 5.17. The van der Waals surface area contributed by atoms with Crippen molar-refractivity contribution in [2.45, 2.75) is 46.1 Å². The molecule has 23 heavy (non-hydrogen) atoms. The lowest BCUT2D eigenvalue weighted by Gasteiger charge is -2.11. The van der Waals surface area contributed by atoms with Gasteiger partial charge in [0.15, 0.2) is 5.82 Å². The maximum absolute atomic E-state index is 12.1. The minimum atomic E-state index is -0.0572. The topological polar surface area (TPSA) is 80.0 Å². The van der Waals surface area contributed by atoms with Crippen LogP contribution in [-0.4, -0.2) is 22.6 Å². The van der Waals surface area contributed by atoms with Crippen molar-refractivity contribution in [2.75, 3.05) is 11.9 Å². The highest BCUT2D eigenvalue weighted by Crippen LogP contribution is 2.16. The lowest BCUT2D eigenvalue weighted by Crippen LogP contribution is -2.17. The lowest BCUT2D eigenvalue weighted by atomic mass is 10.1. The molecule has 0 aliphatic rings. The molecule has 2 N–H and O–H groups in total. The molecule has 1 heterocycles. The third-order valence-electron chi connectivity index (χ3n) is 3.42. The summed E-state index contributed by atoms with van der Waals surface area (Å²) in [7, 11) is 0. The maximum Gasteiger partial charge on any atom is 0.227 e. The third-order valence-corrected chi connectivity index (χ3v) is 3.42. The van der Waals surface area contributed by atoms with E-state index in [1.54, 1.807) is 0 Å². The molecule has 0 fully saturated rings. The fraction of sp³-hybridized carbons (Fsp3) is 0.471. The van der Waals surface area contributed by atoms with E-state index in [0.717, 1.165) is 24.3 Å². The average Bonchev–Trinajstić information content (AvgIpc) is 3.01. The smallest absolute Gasteiger partial charge is 0.227 e. The van der Waals surface area contributed by atoms with E-state index >= 15 is 0 Å². The van der Waals surface area contributed by atoms with E-state index in [2.05, 4.69) is 27.7 Å². The van der Waals surface area contributed by atoms with Crippen molar-refractivity contribution in [1.82, 2.24) is 15.5 Å². The molecular weight excluding hydrogens is 292 g/mol. The van der Waals surface area contributed by atoms with Crippen molar-refractivity contribution in [2.24, 2.45) is 0 Å². The Kier molecular flexibility index (Phi) is 6.29.